The summed E-state index contributed by atoms with van der Waals surface area (Å²) in [6.45, 7) is 4.26. The van der Waals surface area contributed by atoms with Crippen molar-refractivity contribution in [2.45, 2.75) is 12.5 Å². The zero-order valence-electron chi connectivity index (χ0n) is 17.9. The van der Waals surface area contributed by atoms with Crippen LogP contribution in [0.1, 0.15) is 23.6 Å². The van der Waals surface area contributed by atoms with Gasteiger partial charge < -0.3 is 19.6 Å². The van der Waals surface area contributed by atoms with Gasteiger partial charge in [-0.1, -0.05) is 5.76 Å². The fraction of sp³-hybridized carbons (Fsp3) is 0.348. The Kier molecular flexibility index (Phi) is 6.76. The number of ether oxygens (including phenoxy) is 1. The Balaban J connectivity index is 1.67. The lowest BCUT2D eigenvalue weighted by Crippen LogP contribution is -3.14. The number of carbonyl (C=O) groups is 2. The minimum absolute atomic E-state index is 0.112. The Morgan fingerprint density at radius 2 is 1.79 bits per heavy atom. The predicted octanol–water partition coefficient (Wildman–Crippen LogP) is -0.481. The van der Waals surface area contributed by atoms with E-state index in [-0.39, 0.29) is 16.8 Å². The number of aromatic nitrogens is 1. The van der Waals surface area contributed by atoms with Gasteiger partial charge in [-0.25, -0.2) is 0 Å². The van der Waals surface area contributed by atoms with Crippen LogP contribution in [-0.2, 0) is 14.3 Å². The van der Waals surface area contributed by atoms with Crippen molar-refractivity contribution in [2.24, 2.45) is 0 Å². The molecule has 3 heterocycles. The molecule has 2 aliphatic heterocycles. The van der Waals surface area contributed by atoms with Gasteiger partial charge in [-0.05, 0) is 35.4 Å². The van der Waals surface area contributed by atoms with E-state index < -0.39 is 28.4 Å². The summed E-state index contributed by atoms with van der Waals surface area (Å²) in [4.78, 5) is 43.1. The maximum absolute atomic E-state index is 13.2. The molecule has 1 unspecified atom stereocenters. The van der Waals surface area contributed by atoms with Crippen LogP contribution in [0.25, 0.3) is 5.76 Å². The number of morpholine rings is 1. The van der Waals surface area contributed by atoms with Gasteiger partial charge in [-0.15, -0.1) is 0 Å². The van der Waals surface area contributed by atoms with Gasteiger partial charge in [0, 0.05) is 43.1 Å². The average Bonchev–Trinajstić information content (AvgIpc) is 3.10. The van der Waals surface area contributed by atoms with Crippen molar-refractivity contribution in [3.05, 3.63) is 75.6 Å². The zero-order valence-corrected chi connectivity index (χ0v) is 17.9. The van der Waals surface area contributed by atoms with Gasteiger partial charge in [-0.3, -0.25) is 24.7 Å². The summed E-state index contributed by atoms with van der Waals surface area (Å²) in [5.74, 6) is -2.10. The van der Waals surface area contributed by atoms with Crippen LogP contribution in [0.5, 0.6) is 0 Å². The Morgan fingerprint density at radius 3 is 2.42 bits per heavy atom. The third-order valence-electron chi connectivity index (χ3n) is 6.02. The molecule has 1 aromatic heterocycles. The van der Waals surface area contributed by atoms with Crippen LogP contribution in [0.2, 0.25) is 0 Å². The maximum atomic E-state index is 13.2. The molecule has 2 aliphatic rings. The molecular weight excluding hydrogens is 428 g/mol. The molecule has 1 N–H and O–H groups in total. The molecule has 2 saturated heterocycles. The molecular formula is C23H24N4O6. The average molecular weight is 452 g/mol. The first-order chi connectivity index (χ1) is 16.0. The van der Waals surface area contributed by atoms with Crippen molar-refractivity contribution in [1.29, 1.82) is 0 Å². The number of pyridine rings is 1. The largest absolute Gasteiger partial charge is 0.872 e. The number of nitro groups is 1. The van der Waals surface area contributed by atoms with E-state index in [0.717, 1.165) is 19.6 Å². The molecule has 10 heteroatoms. The van der Waals surface area contributed by atoms with Gasteiger partial charge in [0.15, 0.2) is 0 Å². The van der Waals surface area contributed by atoms with E-state index in [2.05, 4.69) is 4.98 Å². The molecule has 2 fully saturated rings. The number of rotatable bonds is 7. The van der Waals surface area contributed by atoms with Gasteiger partial charge in [0.25, 0.3) is 11.6 Å². The van der Waals surface area contributed by atoms with Crippen molar-refractivity contribution >= 4 is 23.1 Å². The number of hydrogen-bond acceptors (Lipinski definition) is 7. The molecule has 0 saturated carbocycles. The fourth-order valence-electron chi connectivity index (χ4n) is 4.29. The van der Waals surface area contributed by atoms with E-state index >= 15 is 0 Å². The summed E-state index contributed by atoms with van der Waals surface area (Å²) >= 11 is 0. The first-order valence-corrected chi connectivity index (χ1v) is 10.8. The number of carbonyl (C=O) groups excluding carboxylic acids is 2. The minimum atomic E-state index is -0.897. The summed E-state index contributed by atoms with van der Waals surface area (Å²) in [5.41, 5.74) is 0.487. The normalized spacial score (nSPS) is 20.8. The monoisotopic (exact) mass is 452 g/mol. The fourth-order valence-corrected chi connectivity index (χ4v) is 4.29. The molecule has 10 nitrogen and oxygen atoms in total. The number of ketones is 1. The van der Waals surface area contributed by atoms with Gasteiger partial charge in [-0.2, -0.15) is 0 Å². The van der Waals surface area contributed by atoms with E-state index in [9.17, 15) is 24.8 Å². The molecule has 0 spiro atoms. The Labute approximate surface area is 190 Å². The molecule has 172 valence electrons. The molecule has 1 amide bonds. The van der Waals surface area contributed by atoms with Gasteiger partial charge in [0.1, 0.15) is 13.1 Å². The first kappa shape index (κ1) is 22.6. The number of quaternary nitrogens is 1. The van der Waals surface area contributed by atoms with E-state index in [1.54, 1.807) is 0 Å². The molecule has 4 rings (SSSR count). The summed E-state index contributed by atoms with van der Waals surface area (Å²) < 4.78 is 5.37. The number of likely N-dealkylation sites (tertiary alicyclic amines) is 1. The topological polar surface area (TPSA) is 130 Å². The maximum Gasteiger partial charge on any atom is 0.295 e. The van der Waals surface area contributed by atoms with E-state index in [4.69, 9.17) is 4.74 Å². The number of Topliss-reactive ketones (excluding diaryl/α,β-unsaturated/α-hetero) is 1. The van der Waals surface area contributed by atoms with Crippen molar-refractivity contribution in [3.8, 4) is 0 Å². The number of nitrogens with zero attached hydrogens (tertiary/aromatic N) is 3. The lowest BCUT2D eigenvalue weighted by molar-refractivity contribution is -0.908. The smallest absolute Gasteiger partial charge is 0.295 e. The molecule has 1 atom stereocenters. The SMILES string of the molecule is O=C1C(=O)N(CCC[NH+]2CCOCC2)C(c2ccc([N+](=O)[O-])cc2)C1=C([O-])c1ccncc1. The van der Waals surface area contributed by atoms with Crippen molar-refractivity contribution < 1.29 is 29.3 Å². The van der Waals surface area contributed by atoms with Crippen LogP contribution in [0, 0.1) is 10.1 Å². The van der Waals surface area contributed by atoms with E-state index in [1.165, 1.54) is 58.6 Å². The lowest BCUT2D eigenvalue weighted by Gasteiger charge is -2.28. The number of nitro benzene ring substituents is 1. The highest BCUT2D eigenvalue weighted by molar-refractivity contribution is 6.46. The van der Waals surface area contributed by atoms with Crippen LogP contribution in [0.4, 0.5) is 5.69 Å². The zero-order chi connectivity index (χ0) is 23.4. The summed E-state index contributed by atoms with van der Waals surface area (Å²) in [6.07, 6.45) is 3.53. The first-order valence-electron chi connectivity index (χ1n) is 10.8. The Bertz CT molecular complexity index is 1060. The number of non-ortho nitro benzene ring substituents is 1. The Morgan fingerprint density at radius 1 is 1.12 bits per heavy atom. The number of nitrogens with one attached hydrogen (secondary N) is 1. The highest BCUT2D eigenvalue weighted by atomic mass is 16.6. The van der Waals surface area contributed by atoms with E-state index in [0.29, 0.717) is 31.7 Å². The van der Waals surface area contributed by atoms with Crippen LogP contribution < -0.4 is 10.0 Å². The van der Waals surface area contributed by atoms with Crippen molar-refractivity contribution in [2.75, 3.05) is 39.4 Å². The number of amides is 1. The quantitative estimate of drug-likeness (QED) is 0.197. The highest BCUT2D eigenvalue weighted by Gasteiger charge is 2.44. The third kappa shape index (κ3) is 4.76. The second kappa shape index (κ2) is 9.88. The molecule has 0 radical (unpaired) electrons. The highest BCUT2D eigenvalue weighted by Crippen LogP contribution is 2.39. The van der Waals surface area contributed by atoms with Crippen LogP contribution >= 0.6 is 0 Å². The molecule has 33 heavy (non-hydrogen) atoms. The minimum Gasteiger partial charge on any atom is -0.872 e. The molecule has 0 bridgehead atoms. The second-order valence-electron chi connectivity index (χ2n) is 8.02. The molecule has 2 aromatic rings. The van der Waals surface area contributed by atoms with Crippen LogP contribution in [-0.4, -0.2) is 65.9 Å². The van der Waals surface area contributed by atoms with E-state index in [1.807, 2.05) is 0 Å². The summed E-state index contributed by atoms with van der Waals surface area (Å²) in [7, 11) is 0. The van der Waals surface area contributed by atoms with Gasteiger partial charge in [0.05, 0.1) is 30.7 Å². The summed E-state index contributed by atoms with van der Waals surface area (Å²) in [5, 5.41) is 24.3. The van der Waals surface area contributed by atoms with Crippen LogP contribution in [0.3, 0.4) is 0 Å². The molecule has 1 aromatic carbocycles. The number of hydrogen-bond donors (Lipinski definition) is 1. The van der Waals surface area contributed by atoms with Crippen molar-refractivity contribution in [3.63, 3.8) is 0 Å². The predicted molar refractivity (Wildman–Crippen MR) is 115 cm³/mol. The summed E-state index contributed by atoms with van der Waals surface area (Å²) in [6, 6.07) is 7.70. The van der Waals surface area contributed by atoms with Crippen LogP contribution in [0.15, 0.2) is 54.4 Å². The second-order valence-corrected chi connectivity index (χ2v) is 8.02. The van der Waals surface area contributed by atoms with Gasteiger partial charge in [0.2, 0.25) is 5.78 Å². The number of benzene rings is 1. The lowest BCUT2D eigenvalue weighted by atomic mass is 9.95. The molecule has 0 aliphatic carbocycles. The Hall–Kier alpha value is -3.63. The standard InChI is InChI=1S/C23H24N4O6/c28-21(17-6-8-24-9-7-17)19-20(16-2-4-18(5-3-16)27(31)32)26(23(30)22(19)29)11-1-10-25-12-14-33-15-13-25/h2-9,20,28H,1,10-15H2. The van der Waals surface area contributed by atoms with Crippen molar-refractivity contribution in [1.82, 2.24) is 9.88 Å². The third-order valence-corrected chi connectivity index (χ3v) is 6.02. The van der Waals surface area contributed by atoms with Gasteiger partial charge >= 0.3 is 0 Å².